The van der Waals surface area contributed by atoms with Crippen molar-refractivity contribution in [3.63, 3.8) is 0 Å². The van der Waals surface area contributed by atoms with Crippen molar-refractivity contribution in [3.8, 4) is 0 Å². The van der Waals surface area contributed by atoms with Gasteiger partial charge in [0.05, 0.1) is 21.4 Å². The molecule has 13 heavy (non-hydrogen) atoms. The molecule has 0 amide bonds. The van der Waals surface area contributed by atoms with E-state index < -0.39 is 10.8 Å². The first-order valence-corrected chi connectivity index (χ1v) is 6.66. The second-order valence-electron chi connectivity index (χ2n) is 2.84. The fourth-order valence-corrected chi connectivity index (χ4v) is 3.02. The van der Waals surface area contributed by atoms with Gasteiger partial charge in [-0.3, -0.25) is 4.21 Å². The van der Waals surface area contributed by atoms with Crippen molar-refractivity contribution in [2.24, 2.45) is 0 Å². The zero-order chi connectivity index (χ0) is 9.26. The molecular formula is C9H11NOS2. The van der Waals surface area contributed by atoms with Crippen LogP contribution in [0.3, 0.4) is 0 Å². The highest BCUT2D eigenvalue weighted by molar-refractivity contribution is 7.98. The summed E-state index contributed by atoms with van der Waals surface area (Å²) in [5, 5.41) is 3.24. The molecule has 0 saturated heterocycles. The molecule has 1 atom stereocenters. The summed E-state index contributed by atoms with van der Waals surface area (Å²) in [6.07, 6.45) is 2.03. The van der Waals surface area contributed by atoms with Gasteiger partial charge >= 0.3 is 0 Å². The Balaban J connectivity index is 2.47. The molecule has 0 aliphatic carbocycles. The van der Waals surface area contributed by atoms with Crippen molar-refractivity contribution >= 4 is 28.2 Å². The zero-order valence-electron chi connectivity index (χ0n) is 7.37. The molecule has 0 spiro atoms. The van der Waals surface area contributed by atoms with Crippen LogP contribution in [-0.2, 0) is 10.8 Å². The zero-order valence-corrected chi connectivity index (χ0v) is 9.00. The van der Waals surface area contributed by atoms with Crippen LogP contribution in [0, 0.1) is 0 Å². The molecule has 0 fully saturated rings. The lowest BCUT2D eigenvalue weighted by Crippen LogP contribution is -2.18. The van der Waals surface area contributed by atoms with Crippen LogP contribution in [0.4, 0.5) is 5.69 Å². The Kier molecular flexibility index (Phi) is 2.60. The predicted octanol–water partition coefficient (Wildman–Crippen LogP) is 1.94. The van der Waals surface area contributed by atoms with Gasteiger partial charge in [0, 0.05) is 17.2 Å². The van der Waals surface area contributed by atoms with Crippen molar-refractivity contribution in [2.45, 2.75) is 9.79 Å². The number of hydrogen-bond acceptors (Lipinski definition) is 3. The van der Waals surface area contributed by atoms with Gasteiger partial charge in [-0.15, -0.1) is 11.8 Å². The maximum Gasteiger partial charge on any atom is 0.0631 e. The lowest BCUT2D eigenvalue weighted by molar-refractivity contribution is 0.681. The molecule has 0 aromatic heterocycles. The number of benzene rings is 1. The topological polar surface area (TPSA) is 29.1 Å². The molecule has 0 saturated carbocycles. The van der Waals surface area contributed by atoms with Crippen LogP contribution < -0.4 is 5.32 Å². The van der Waals surface area contributed by atoms with Crippen LogP contribution in [0.1, 0.15) is 0 Å². The van der Waals surface area contributed by atoms with E-state index in [1.54, 1.807) is 11.8 Å². The van der Waals surface area contributed by atoms with Gasteiger partial charge < -0.3 is 5.32 Å². The number of hydrogen-bond donors (Lipinski definition) is 1. The van der Waals surface area contributed by atoms with Crippen molar-refractivity contribution in [1.29, 1.82) is 0 Å². The Morgan fingerprint density at radius 1 is 1.54 bits per heavy atom. The second kappa shape index (κ2) is 3.72. The van der Waals surface area contributed by atoms with E-state index in [0.717, 1.165) is 22.9 Å². The summed E-state index contributed by atoms with van der Waals surface area (Å²) >= 11 is 1.68. The predicted molar refractivity (Wildman–Crippen MR) is 58.0 cm³/mol. The van der Waals surface area contributed by atoms with E-state index in [4.69, 9.17) is 0 Å². The molecule has 2 nitrogen and oxygen atoms in total. The summed E-state index contributed by atoms with van der Waals surface area (Å²) in [6.45, 7) is 0.818. The van der Waals surface area contributed by atoms with Crippen LogP contribution in [0.25, 0.3) is 0 Å². The van der Waals surface area contributed by atoms with Crippen molar-refractivity contribution < 1.29 is 4.21 Å². The largest absolute Gasteiger partial charge is 0.383 e. The van der Waals surface area contributed by atoms with E-state index in [2.05, 4.69) is 11.4 Å². The van der Waals surface area contributed by atoms with Crippen LogP contribution in [0.15, 0.2) is 28.0 Å². The van der Waals surface area contributed by atoms with Crippen molar-refractivity contribution in [3.05, 3.63) is 18.2 Å². The van der Waals surface area contributed by atoms with E-state index in [-0.39, 0.29) is 0 Å². The summed E-state index contributed by atoms with van der Waals surface area (Å²) in [4.78, 5) is 2.13. The van der Waals surface area contributed by atoms with Gasteiger partial charge in [0.1, 0.15) is 0 Å². The first-order valence-electron chi connectivity index (χ1n) is 4.11. The average Bonchev–Trinajstić information content (AvgIpc) is 2.18. The van der Waals surface area contributed by atoms with Crippen molar-refractivity contribution in [1.82, 2.24) is 0 Å². The standard InChI is InChI=1S/C9H11NOS2/c1-12-7-2-3-8-9(6-7)13(11)5-4-10-8/h2-3,6,10H,4-5H2,1H3. The lowest BCUT2D eigenvalue weighted by atomic mass is 10.3. The number of rotatable bonds is 1. The number of anilines is 1. The van der Waals surface area contributed by atoms with Crippen molar-refractivity contribution in [2.75, 3.05) is 23.9 Å². The normalized spacial score (nSPS) is 20.5. The third kappa shape index (κ3) is 1.74. The van der Waals surface area contributed by atoms with Crippen LogP contribution in [0.5, 0.6) is 0 Å². The Morgan fingerprint density at radius 3 is 3.15 bits per heavy atom. The van der Waals surface area contributed by atoms with Crippen LogP contribution >= 0.6 is 11.8 Å². The maximum atomic E-state index is 11.6. The Bertz CT molecular complexity index is 351. The van der Waals surface area contributed by atoms with E-state index in [0.29, 0.717) is 0 Å². The van der Waals surface area contributed by atoms with Gasteiger partial charge in [-0.2, -0.15) is 0 Å². The molecule has 1 N–H and O–H groups in total. The monoisotopic (exact) mass is 213 g/mol. The first-order chi connectivity index (χ1) is 6.31. The smallest absolute Gasteiger partial charge is 0.0631 e. The highest BCUT2D eigenvalue weighted by Gasteiger charge is 2.15. The Labute approximate surface area is 84.6 Å². The molecule has 0 radical (unpaired) electrons. The molecular weight excluding hydrogens is 202 g/mol. The van der Waals surface area contributed by atoms with Crippen LogP contribution in [0.2, 0.25) is 0 Å². The first kappa shape index (κ1) is 9.09. The van der Waals surface area contributed by atoms with Gasteiger partial charge in [-0.25, -0.2) is 0 Å². The van der Waals surface area contributed by atoms with E-state index in [1.807, 2.05) is 18.4 Å². The van der Waals surface area contributed by atoms with E-state index in [9.17, 15) is 4.21 Å². The summed E-state index contributed by atoms with van der Waals surface area (Å²) in [6, 6.07) is 6.08. The van der Waals surface area contributed by atoms with Gasteiger partial charge in [0.2, 0.25) is 0 Å². The molecule has 1 aliphatic rings. The quantitative estimate of drug-likeness (QED) is 0.723. The highest BCUT2D eigenvalue weighted by Crippen LogP contribution is 2.27. The van der Waals surface area contributed by atoms with Crippen LogP contribution in [-0.4, -0.2) is 22.8 Å². The van der Waals surface area contributed by atoms with Gasteiger partial charge in [0.15, 0.2) is 0 Å². The van der Waals surface area contributed by atoms with Gasteiger partial charge in [-0.1, -0.05) is 0 Å². The Hall–Kier alpha value is -0.480. The number of thioether (sulfide) groups is 1. The third-order valence-electron chi connectivity index (χ3n) is 2.04. The van der Waals surface area contributed by atoms with E-state index >= 15 is 0 Å². The maximum absolute atomic E-state index is 11.6. The molecule has 70 valence electrons. The summed E-state index contributed by atoms with van der Waals surface area (Å²) in [5.41, 5.74) is 1.03. The molecule has 1 aromatic rings. The minimum absolute atomic E-state index is 0.727. The fourth-order valence-electron chi connectivity index (χ4n) is 1.35. The minimum Gasteiger partial charge on any atom is -0.383 e. The fraction of sp³-hybridized carbons (Fsp3) is 0.333. The SMILES string of the molecule is CSc1ccc2c(c1)S(=O)CCN2. The molecule has 4 heteroatoms. The highest BCUT2D eigenvalue weighted by atomic mass is 32.2. The molecule has 1 aromatic carbocycles. The lowest BCUT2D eigenvalue weighted by Gasteiger charge is -2.17. The molecule has 1 aliphatic heterocycles. The second-order valence-corrected chi connectivity index (χ2v) is 5.26. The minimum atomic E-state index is -0.803. The Morgan fingerprint density at radius 2 is 2.38 bits per heavy atom. The molecule has 1 heterocycles. The summed E-state index contributed by atoms with van der Waals surface area (Å²) in [7, 11) is -0.803. The average molecular weight is 213 g/mol. The summed E-state index contributed by atoms with van der Waals surface area (Å²) < 4.78 is 11.6. The number of fused-ring (bicyclic) bond motifs is 1. The third-order valence-corrected chi connectivity index (χ3v) is 4.17. The van der Waals surface area contributed by atoms with Gasteiger partial charge in [0.25, 0.3) is 0 Å². The van der Waals surface area contributed by atoms with E-state index in [1.165, 1.54) is 4.90 Å². The molecule has 0 bridgehead atoms. The number of nitrogens with one attached hydrogen (secondary N) is 1. The molecule has 2 rings (SSSR count). The summed E-state index contributed by atoms with van der Waals surface area (Å²) in [5.74, 6) is 0.727. The molecule has 1 unspecified atom stereocenters. The van der Waals surface area contributed by atoms with Gasteiger partial charge in [-0.05, 0) is 24.5 Å².